The summed E-state index contributed by atoms with van der Waals surface area (Å²) >= 11 is 0. The Morgan fingerprint density at radius 2 is 2.03 bits per heavy atom. The third kappa shape index (κ3) is 4.25. The lowest BCUT2D eigenvalue weighted by Crippen LogP contribution is -2.40. The molecule has 4 aromatic rings. The zero-order valence-corrected chi connectivity index (χ0v) is 20.1. The number of amides is 2. The van der Waals surface area contributed by atoms with Crippen molar-refractivity contribution in [2.24, 2.45) is 4.99 Å². The van der Waals surface area contributed by atoms with Crippen LogP contribution < -0.4 is 11.1 Å². The molecule has 2 aliphatic heterocycles. The molecule has 0 bridgehead atoms. The van der Waals surface area contributed by atoms with Crippen molar-refractivity contribution in [1.82, 2.24) is 29.6 Å². The van der Waals surface area contributed by atoms with E-state index in [1.165, 1.54) is 24.5 Å². The molecule has 0 aliphatic carbocycles. The lowest BCUT2D eigenvalue weighted by Gasteiger charge is -2.33. The lowest BCUT2D eigenvalue weighted by atomic mass is 10.1. The summed E-state index contributed by atoms with van der Waals surface area (Å²) < 4.78 is 17.2. The number of nitrogens with zero attached hydrogens (tertiary/aromatic N) is 7. The van der Waals surface area contributed by atoms with Gasteiger partial charge in [-0.2, -0.15) is 10.1 Å². The highest BCUT2D eigenvalue weighted by molar-refractivity contribution is 6.12. The molecule has 1 atom stereocenters. The summed E-state index contributed by atoms with van der Waals surface area (Å²) in [6.07, 6.45) is 7.70. The van der Waals surface area contributed by atoms with Crippen LogP contribution in [0.1, 0.15) is 29.2 Å². The predicted octanol–water partition coefficient (Wildman–Crippen LogP) is 2.99. The minimum Gasteiger partial charge on any atom is -0.383 e. The van der Waals surface area contributed by atoms with Crippen LogP contribution in [-0.2, 0) is 4.79 Å². The molecular weight excluding hydrogens is 489 g/mol. The molecule has 0 saturated carbocycles. The fraction of sp³-hybridized carbons (Fsp3) is 0.192. The Kier molecular flexibility index (Phi) is 5.83. The second-order valence-electron chi connectivity index (χ2n) is 9.00. The Labute approximate surface area is 215 Å². The van der Waals surface area contributed by atoms with E-state index in [-0.39, 0.29) is 34.6 Å². The average molecular weight is 512 g/mol. The minimum absolute atomic E-state index is 0.118. The van der Waals surface area contributed by atoms with E-state index in [1.807, 2.05) is 4.90 Å². The number of aromatic nitrogens is 5. The van der Waals surface area contributed by atoms with Gasteiger partial charge < -0.3 is 16.0 Å². The van der Waals surface area contributed by atoms with Crippen molar-refractivity contribution in [1.29, 1.82) is 0 Å². The number of fused-ring (bicyclic) bond motifs is 1. The van der Waals surface area contributed by atoms with Crippen LogP contribution in [0.2, 0.25) is 0 Å². The minimum atomic E-state index is -0.636. The number of benzene rings is 1. The number of nitrogen functional groups attached to an aromatic ring is 1. The fourth-order valence-corrected chi connectivity index (χ4v) is 4.78. The van der Waals surface area contributed by atoms with Gasteiger partial charge in [0.1, 0.15) is 35.3 Å². The number of hydrogen-bond donors (Lipinski definition) is 2. The van der Waals surface area contributed by atoms with Crippen LogP contribution in [0.3, 0.4) is 0 Å². The fourth-order valence-electron chi connectivity index (χ4n) is 4.78. The number of pyridine rings is 1. The van der Waals surface area contributed by atoms with Crippen LogP contribution in [-0.4, -0.2) is 60.4 Å². The molecule has 6 rings (SSSR count). The van der Waals surface area contributed by atoms with Gasteiger partial charge in [0, 0.05) is 36.5 Å². The first-order valence-corrected chi connectivity index (χ1v) is 12.0. The number of nitrogens with one attached hydrogen (secondary N) is 1. The maximum absolute atomic E-state index is 15.5. The van der Waals surface area contributed by atoms with Gasteiger partial charge in [-0.3, -0.25) is 9.59 Å². The molecule has 2 aliphatic rings. The van der Waals surface area contributed by atoms with Crippen molar-refractivity contribution in [3.8, 4) is 11.3 Å². The highest BCUT2D eigenvalue weighted by atomic mass is 19.1. The smallest absolute Gasteiger partial charge is 0.271 e. The molecule has 1 saturated heterocycles. The van der Waals surface area contributed by atoms with Gasteiger partial charge in [0.25, 0.3) is 11.8 Å². The molecule has 190 valence electrons. The molecule has 12 heteroatoms. The average Bonchev–Trinajstić information content (AvgIpc) is 3.54. The van der Waals surface area contributed by atoms with Gasteiger partial charge in [0.15, 0.2) is 5.65 Å². The molecule has 11 nitrogen and oxygen atoms in total. The van der Waals surface area contributed by atoms with E-state index in [9.17, 15) is 9.59 Å². The molecule has 0 radical (unpaired) electrons. The first-order valence-electron chi connectivity index (χ1n) is 12.0. The highest BCUT2D eigenvalue weighted by Crippen LogP contribution is 2.35. The zero-order valence-electron chi connectivity index (χ0n) is 20.1. The number of likely N-dealkylation sites (tertiary alicyclic amines) is 1. The van der Waals surface area contributed by atoms with Gasteiger partial charge in [0.05, 0.1) is 11.4 Å². The van der Waals surface area contributed by atoms with Crippen molar-refractivity contribution >= 4 is 40.3 Å². The molecular formula is C26H22FN9O2. The van der Waals surface area contributed by atoms with Crippen LogP contribution in [0, 0.1) is 5.82 Å². The molecule has 38 heavy (non-hydrogen) atoms. The summed E-state index contributed by atoms with van der Waals surface area (Å²) in [6, 6.07) is 9.17. The van der Waals surface area contributed by atoms with Crippen LogP contribution in [0.5, 0.6) is 0 Å². The molecule has 2 amide bonds. The highest BCUT2D eigenvalue weighted by Gasteiger charge is 2.29. The van der Waals surface area contributed by atoms with E-state index in [2.05, 4.69) is 25.3 Å². The van der Waals surface area contributed by atoms with Crippen molar-refractivity contribution in [2.75, 3.05) is 24.1 Å². The van der Waals surface area contributed by atoms with E-state index in [1.54, 1.807) is 35.2 Å². The van der Waals surface area contributed by atoms with Gasteiger partial charge in [-0.25, -0.2) is 24.0 Å². The number of amidine groups is 1. The maximum atomic E-state index is 15.5. The Morgan fingerprint density at radius 1 is 1.13 bits per heavy atom. The largest absolute Gasteiger partial charge is 0.383 e. The molecule has 0 spiro atoms. The van der Waals surface area contributed by atoms with Crippen LogP contribution in [0.15, 0.2) is 66.1 Å². The summed E-state index contributed by atoms with van der Waals surface area (Å²) in [5.74, 6) is -0.242. The van der Waals surface area contributed by atoms with Gasteiger partial charge in [-0.05, 0) is 49.2 Å². The second-order valence-corrected chi connectivity index (χ2v) is 9.00. The van der Waals surface area contributed by atoms with Crippen LogP contribution in [0.4, 0.5) is 16.0 Å². The summed E-state index contributed by atoms with van der Waals surface area (Å²) in [5, 5.41) is 7.83. The number of hydrogen-bond acceptors (Lipinski definition) is 8. The molecule has 1 fully saturated rings. The number of anilines is 2. The lowest BCUT2D eigenvalue weighted by molar-refractivity contribution is -0.113. The van der Waals surface area contributed by atoms with Crippen molar-refractivity contribution in [2.45, 2.75) is 18.9 Å². The number of piperidine rings is 1. The van der Waals surface area contributed by atoms with Gasteiger partial charge in [-0.15, -0.1) is 0 Å². The number of aliphatic imine (C=N–C) groups is 1. The second kappa shape index (κ2) is 9.47. The van der Waals surface area contributed by atoms with E-state index < -0.39 is 11.7 Å². The maximum Gasteiger partial charge on any atom is 0.271 e. The third-order valence-electron chi connectivity index (χ3n) is 6.58. The molecule has 1 aromatic carbocycles. The van der Waals surface area contributed by atoms with Crippen LogP contribution >= 0.6 is 0 Å². The standard InChI is InChI=1S/C26H22FN9O2/c27-18-12-15(26(38)32-19-5-1-2-10-29-19)6-7-17(18)23-22-24(28)30-14-31-25(22)36(34-23)16-4-3-11-35(13-16)20-8-9-21(37)33-20/h1-2,5-10,12,14,16H,3-4,11,13H2,(H2,28,30,31)(H,29,32,38). The Morgan fingerprint density at radius 3 is 2.79 bits per heavy atom. The van der Waals surface area contributed by atoms with Gasteiger partial charge >= 0.3 is 0 Å². The van der Waals surface area contributed by atoms with Crippen molar-refractivity contribution < 1.29 is 14.0 Å². The summed E-state index contributed by atoms with van der Waals surface area (Å²) in [7, 11) is 0. The monoisotopic (exact) mass is 511 g/mol. The molecule has 1 unspecified atom stereocenters. The number of carbonyl (C=O) groups excluding carboxylic acids is 2. The summed E-state index contributed by atoms with van der Waals surface area (Å²) in [4.78, 5) is 42.9. The normalized spacial score (nSPS) is 17.2. The zero-order chi connectivity index (χ0) is 26.2. The van der Waals surface area contributed by atoms with Crippen molar-refractivity contribution in [3.05, 3.63) is 72.5 Å². The summed E-state index contributed by atoms with van der Waals surface area (Å²) in [5.41, 5.74) is 7.30. The Balaban J connectivity index is 1.35. The van der Waals surface area contributed by atoms with Crippen LogP contribution in [0.25, 0.3) is 22.3 Å². The van der Waals surface area contributed by atoms with Crippen molar-refractivity contribution in [3.63, 3.8) is 0 Å². The van der Waals surface area contributed by atoms with E-state index in [0.29, 0.717) is 29.2 Å². The predicted molar refractivity (Wildman–Crippen MR) is 139 cm³/mol. The van der Waals surface area contributed by atoms with Gasteiger partial charge in [0.2, 0.25) is 0 Å². The number of carbonyl (C=O) groups is 2. The number of rotatable bonds is 4. The topological polar surface area (TPSA) is 144 Å². The Hall–Kier alpha value is -5.00. The number of halogens is 1. The Bertz CT molecular complexity index is 1630. The van der Waals surface area contributed by atoms with E-state index >= 15 is 4.39 Å². The molecule has 3 N–H and O–H groups in total. The quantitative estimate of drug-likeness (QED) is 0.425. The van der Waals surface area contributed by atoms with Gasteiger partial charge in [-0.1, -0.05) is 6.07 Å². The first-order chi connectivity index (χ1) is 18.5. The van der Waals surface area contributed by atoms with E-state index in [0.717, 1.165) is 25.5 Å². The van der Waals surface area contributed by atoms with E-state index in [4.69, 9.17) is 10.8 Å². The molecule has 3 aromatic heterocycles. The number of nitrogens with two attached hydrogens (primary N) is 1. The summed E-state index contributed by atoms with van der Waals surface area (Å²) in [6.45, 7) is 1.30. The third-order valence-corrected chi connectivity index (χ3v) is 6.58. The SMILES string of the molecule is Nc1ncnc2c1c(-c1ccc(C(=O)Nc3ccccn3)cc1F)nn2C1CCCN(C2=NC(=O)C=C2)C1. The molecule has 5 heterocycles. The first kappa shape index (κ1) is 23.4.